The van der Waals surface area contributed by atoms with Crippen LogP contribution in [0.1, 0.15) is 5.76 Å². The summed E-state index contributed by atoms with van der Waals surface area (Å²) in [6, 6.07) is 16.0. The number of aliphatic imine (C=N–C) groups is 1. The molecule has 1 aliphatic rings. The minimum Gasteiger partial charge on any atom is -0.452 e. The zero-order valence-electron chi connectivity index (χ0n) is 11.5. The number of nitrogen functional groups attached to an aromatic ring is 1. The molecule has 0 unspecified atom stereocenters. The van der Waals surface area contributed by atoms with Gasteiger partial charge in [-0.1, -0.05) is 30.3 Å². The van der Waals surface area contributed by atoms with E-state index in [0.717, 1.165) is 52.5 Å². The van der Waals surface area contributed by atoms with Gasteiger partial charge in [-0.25, -0.2) is 0 Å². The van der Waals surface area contributed by atoms with E-state index in [9.17, 15) is 0 Å². The molecule has 1 aromatic heterocycles. The number of para-hydroxylation sites is 1. The van der Waals surface area contributed by atoms with E-state index < -0.39 is 0 Å². The van der Waals surface area contributed by atoms with E-state index in [1.54, 1.807) is 0 Å². The maximum absolute atomic E-state index is 6.04. The molecule has 104 valence electrons. The molecule has 4 nitrogen and oxygen atoms in total. The van der Waals surface area contributed by atoms with Crippen molar-refractivity contribution in [2.24, 2.45) is 4.99 Å². The first-order valence-electron chi connectivity index (χ1n) is 6.98. The smallest absolute Gasteiger partial charge is 0.170 e. The number of nitrogens with two attached hydrogens (primary N) is 1. The standard InChI is InChI=1S/C17H15N3O/c18-13-5-1-3-11(9-13)14-6-2-4-12-10-15(21-16(12)14)17-19-7-8-20-17/h1-6,9-10H,7-8,18H2,(H,19,20). The van der Waals surface area contributed by atoms with Crippen LogP contribution in [-0.2, 0) is 0 Å². The highest BCUT2D eigenvalue weighted by molar-refractivity contribution is 6.03. The van der Waals surface area contributed by atoms with Crippen LogP contribution in [0, 0.1) is 0 Å². The monoisotopic (exact) mass is 277 g/mol. The fourth-order valence-corrected chi connectivity index (χ4v) is 2.68. The zero-order valence-corrected chi connectivity index (χ0v) is 11.5. The van der Waals surface area contributed by atoms with Crippen molar-refractivity contribution < 1.29 is 4.42 Å². The lowest BCUT2D eigenvalue weighted by Crippen LogP contribution is -2.18. The van der Waals surface area contributed by atoms with Crippen LogP contribution in [0.4, 0.5) is 5.69 Å². The van der Waals surface area contributed by atoms with Gasteiger partial charge in [0.05, 0.1) is 6.54 Å². The van der Waals surface area contributed by atoms with Gasteiger partial charge < -0.3 is 15.5 Å². The van der Waals surface area contributed by atoms with Crippen LogP contribution < -0.4 is 11.1 Å². The van der Waals surface area contributed by atoms with Crippen LogP contribution in [0.5, 0.6) is 0 Å². The SMILES string of the molecule is Nc1cccc(-c2cccc3cc(C4=NCCN4)oc23)c1. The molecular formula is C17H15N3O. The predicted molar refractivity (Wildman–Crippen MR) is 85.5 cm³/mol. The predicted octanol–water partition coefficient (Wildman–Crippen LogP) is 3.03. The first kappa shape index (κ1) is 12.0. The average Bonchev–Trinajstić information content (AvgIpc) is 3.15. The Labute approximate surface area is 122 Å². The molecule has 0 radical (unpaired) electrons. The maximum atomic E-state index is 6.04. The highest BCUT2D eigenvalue weighted by Gasteiger charge is 2.15. The van der Waals surface area contributed by atoms with E-state index in [4.69, 9.17) is 10.2 Å². The van der Waals surface area contributed by atoms with Crippen LogP contribution in [0.3, 0.4) is 0 Å². The van der Waals surface area contributed by atoms with Gasteiger partial charge >= 0.3 is 0 Å². The number of rotatable bonds is 2. The summed E-state index contributed by atoms with van der Waals surface area (Å²) in [6.07, 6.45) is 0. The van der Waals surface area contributed by atoms with Gasteiger partial charge in [0.25, 0.3) is 0 Å². The summed E-state index contributed by atoms with van der Waals surface area (Å²) in [5.74, 6) is 1.63. The van der Waals surface area contributed by atoms with Crippen LogP contribution in [0.2, 0.25) is 0 Å². The average molecular weight is 277 g/mol. The van der Waals surface area contributed by atoms with Crippen molar-refractivity contribution in [2.45, 2.75) is 0 Å². The molecule has 1 aliphatic heterocycles. The first-order valence-corrected chi connectivity index (χ1v) is 6.98. The van der Waals surface area contributed by atoms with Crippen molar-refractivity contribution in [1.82, 2.24) is 5.32 Å². The van der Waals surface area contributed by atoms with Gasteiger partial charge in [-0.2, -0.15) is 0 Å². The van der Waals surface area contributed by atoms with E-state index >= 15 is 0 Å². The molecule has 2 aromatic carbocycles. The zero-order chi connectivity index (χ0) is 14.2. The third-order valence-corrected chi connectivity index (χ3v) is 3.65. The number of nitrogens with one attached hydrogen (secondary N) is 1. The van der Waals surface area contributed by atoms with E-state index in [-0.39, 0.29) is 0 Å². The number of hydrogen-bond donors (Lipinski definition) is 2. The fourth-order valence-electron chi connectivity index (χ4n) is 2.68. The van der Waals surface area contributed by atoms with Crippen LogP contribution in [0.15, 0.2) is 57.9 Å². The van der Waals surface area contributed by atoms with Crippen molar-refractivity contribution in [3.63, 3.8) is 0 Å². The largest absolute Gasteiger partial charge is 0.452 e. The first-order chi connectivity index (χ1) is 10.3. The normalized spacial score (nSPS) is 14.2. The molecular weight excluding hydrogens is 262 g/mol. The Kier molecular flexibility index (Phi) is 2.67. The Morgan fingerprint density at radius 2 is 2.00 bits per heavy atom. The molecule has 0 aliphatic carbocycles. The Balaban J connectivity index is 1.90. The van der Waals surface area contributed by atoms with Crippen molar-refractivity contribution in [2.75, 3.05) is 18.8 Å². The molecule has 21 heavy (non-hydrogen) atoms. The van der Waals surface area contributed by atoms with Gasteiger partial charge in [-0.15, -0.1) is 0 Å². The van der Waals surface area contributed by atoms with Crippen molar-refractivity contribution in [3.8, 4) is 11.1 Å². The van der Waals surface area contributed by atoms with Gasteiger partial charge in [0.2, 0.25) is 0 Å². The second-order valence-corrected chi connectivity index (χ2v) is 5.12. The van der Waals surface area contributed by atoms with Crippen molar-refractivity contribution in [3.05, 3.63) is 54.3 Å². The number of nitrogens with zero attached hydrogens (tertiary/aromatic N) is 1. The topological polar surface area (TPSA) is 63.5 Å². The number of furan rings is 1. The molecule has 0 saturated heterocycles. The summed E-state index contributed by atoms with van der Waals surface area (Å²) in [5.41, 5.74) is 9.61. The third-order valence-electron chi connectivity index (χ3n) is 3.65. The summed E-state index contributed by atoms with van der Waals surface area (Å²) in [6.45, 7) is 1.67. The molecule has 0 amide bonds. The summed E-state index contributed by atoms with van der Waals surface area (Å²) in [5, 5.41) is 4.31. The van der Waals surface area contributed by atoms with Crippen molar-refractivity contribution >= 4 is 22.5 Å². The van der Waals surface area contributed by atoms with Crippen LogP contribution in [-0.4, -0.2) is 18.9 Å². The van der Waals surface area contributed by atoms with Crippen molar-refractivity contribution in [1.29, 1.82) is 0 Å². The van der Waals surface area contributed by atoms with Gasteiger partial charge in [0.1, 0.15) is 5.58 Å². The second-order valence-electron chi connectivity index (χ2n) is 5.12. The van der Waals surface area contributed by atoms with Crippen LogP contribution in [0.25, 0.3) is 22.1 Å². The van der Waals surface area contributed by atoms with E-state index in [0.29, 0.717) is 0 Å². The summed E-state index contributed by atoms with van der Waals surface area (Å²) < 4.78 is 6.04. The molecule has 0 saturated carbocycles. The van der Waals surface area contributed by atoms with E-state index in [1.165, 1.54) is 0 Å². The molecule has 0 fully saturated rings. The van der Waals surface area contributed by atoms with Crippen LogP contribution >= 0.6 is 0 Å². The Morgan fingerprint density at radius 3 is 2.81 bits per heavy atom. The molecule has 4 rings (SSSR count). The quantitative estimate of drug-likeness (QED) is 0.708. The maximum Gasteiger partial charge on any atom is 0.170 e. The number of fused-ring (bicyclic) bond motifs is 1. The van der Waals surface area contributed by atoms with Gasteiger partial charge in [-0.3, -0.25) is 4.99 Å². The summed E-state index contributed by atoms with van der Waals surface area (Å²) in [4.78, 5) is 4.41. The molecule has 2 heterocycles. The molecule has 3 N–H and O–H groups in total. The lowest BCUT2D eigenvalue weighted by atomic mass is 10.0. The lowest BCUT2D eigenvalue weighted by Gasteiger charge is -2.03. The minimum atomic E-state index is 0.748. The molecule has 0 atom stereocenters. The van der Waals surface area contributed by atoms with E-state index in [1.807, 2.05) is 48.5 Å². The number of benzene rings is 2. The second kappa shape index (κ2) is 4.66. The Bertz CT molecular complexity index is 848. The highest BCUT2D eigenvalue weighted by atomic mass is 16.3. The molecule has 0 bridgehead atoms. The minimum absolute atomic E-state index is 0.748. The summed E-state index contributed by atoms with van der Waals surface area (Å²) in [7, 11) is 0. The third kappa shape index (κ3) is 2.05. The molecule has 0 spiro atoms. The van der Waals surface area contributed by atoms with Gasteiger partial charge in [-0.05, 0) is 23.8 Å². The summed E-state index contributed by atoms with van der Waals surface area (Å²) >= 11 is 0. The molecule has 3 aromatic rings. The lowest BCUT2D eigenvalue weighted by molar-refractivity contribution is 0.603. The number of anilines is 1. The number of amidine groups is 1. The fraction of sp³-hybridized carbons (Fsp3) is 0.118. The Hall–Kier alpha value is -2.75. The Morgan fingerprint density at radius 1 is 1.10 bits per heavy atom. The van der Waals surface area contributed by atoms with Gasteiger partial charge in [0.15, 0.2) is 11.6 Å². The van der Waals surface area contributed by atoms with Gasteiger partial charge in [0, 0.05) is 23.2 Å². The highest BCUT2D eigenvalue weighted by Crippen LogP contribution is 2.32. The molecule has 4 heteroatoms. The van der Waals surface area contributed by atoms with E-state index in [2.05, 4.69) is 10.3 Å². The number of hydrogen-bond acceptors (Lipinski definition) is 4.